The average Bonchev–Trinajstić information content (AvgIpc) is 2.53. The summed E-state index contributed by atoms with van der Waals surface area (Å²) < 4.78 is 10.5. The Hall–Kier alpha value is -3.02. The van der Waals surface area contributed by atoms with Crippen LogP contribution in [0.5, 0.6) is 11.5 Å². The van der Waals surface area contributed by atoms with Crippen LogP contribution in [0, 0.1) is 0 Å². The Labute approximate surface area is 127 Å². The topological polar surface area (TPSA) is 87.7 Å². The lowest BCUT2D eigenvalue weighted by Gasteiger charge is -2.11. The second-order valence-corrected chi connectivity index (χ2v) is 4.35. The highest BCUT2D eigenvalue weighted by Gasteiger charge is 2.07. The number of hydrogen-bond acceptors (Lipinski definition) is 5. The standard InChI is InChI=1S/C16H15NO5/c1-21-13-4-2-3-5-14(13)22-10-15(18)17-12-8-6-11(7-9-12)16(19)20/h2-9H,10H2,1H3,(H,17,18)(H,19,20)/p-1. The largest absolute Gasteiger partial charge is 0.545 e. The van der Waals surface area contributed by atoms with Crippen molar-refractivity contribution in [2.75, 3.05) is 19.0 Å². The summed E-state index contributed by atoms with van der Waals surface area (Å²) in [6.45, 7) is -0.192. The molecule has 2 aromatic rings. The van der Waals surface area contributed by atoms with Crippen LogP contribution in [0.15, 0.2) is 48.5 Å². The van der Waals surface area contributed by atoms with Gasteiger partial charge in [-0.1, -0.05) is 24.3 Å². The molecule has 2 rings (SSSR count). The van der Waals surface area contributed by atoms with Crippen molar-refractivity contribution in [3.05, 3.63) is 54.1 Å². The van der Waals surface area contributed by atoms with Crippen molar-refractivity contribution < 1.29 is 24.2 Å². The Morgan fingerprint density at radius 1 is 1.05 bits per heavy atom. The molecule has 0 radical (unpaired) electrons. The fourth-order valence-electron chi connectivity index (χ4n) is 1.77. The molecule has 0 unspecified atom stereocenters. The SMILES string of the molecule is COc1ccccc1OCC(=O)Nc1ccc(C(=O)[O-])cc1. The summed E-state index contributed by atoms with van der Waals surface area (Å²) in [4.78, 5) is 22.4. The average molecular weight is 300 g/mol. The minimum atomic E-state index is -1.27. The number of hydrogen-bond donors (Lipinski definition) is 1. The van der Waals surface area contributed by atoms with E-state index in [1.165, 1.54) is 31.4 Å². The van der Waals surface area contributed by atoms with E-state index < -0.39 is 5.97 Å². The molecule has 6 nitrogen and oxygen atoms in total. The molecule has 0 saturated heterocycles. The Balaban J connectivity index is 1.91. The molecule has 0 aliphatic carbocycles. The van der Waals surface area contributed by atoms with E-state index in [4.69, 9.17) is 9.47 Å². The first-order valence-electron chi connectivity index (χ1n) is 6.47. The van der Waals surface area contributed by atoms with Crippen molar-refractivity contribution in [2.24, 2.45) is 0 Å². The van der Waals surface area contributed by atoms with Gasteiger partial charge in [0.1, 0.15) is 0 Å². The lowest BCUT2D eigenvalue weighted by Crippen LogP contribution is -2.22. The fraction of sp³-hybridized carbons (Fsp3) is 0.125. The van der Waals surface area contributed by atoms with E-state index >= 15 is 0 Å². The summed E-state index contributed by atoms with van der Waals surface area (Å²) in [5.74, 6) is -0.634. The zero-order valence-electron chi connectivity index (χ0n) is 11.9. The van der Waals surface area contributed by atoms with Gasteiger partial charge in [-0.05, 0) is 29.8 Å². The Morgan fingerprint density at radius 2 is 1.68 bits per heavy atom. The third kappa shape index (κ3) is 3.99. The maximum Gasteiger partial charge on any atom is 0.262 e. The minimum Gasteiger partial charge on any atom is -0.545 e. The number of nitrogens with one attached hydrogen (secondary N) is 1. The maximum atomic E-state index is 11.8. The fourth-order valence-corrected chi connectivity index (χ4v) is 1.77. The van der Waals surface area contributed by atoms with E-state index in [9.17, 15) is 14.7 Å². The van der Waals surface area contributed by atoms with E-state index in [-0.39, 0.29) is 18.1 Å². The van der Waals surface area contributed by atoms with Gasteiger partial charge in [-0.3, -0.25) is 4.79 Å². The number of carboxylic acids is 1. The number of amides is 1. The molecule has 0 aromatic heterocycles. The van der Waals surface area contributed by atoms with E-state index in [0.717, 1.165) is 0 Å². The first-order valence-corrected chi connectivity index (χ1v) is 6.47. The molecule has 0 fully saturated rings. The van der Waals surface area contributed by atoms with Gasteiger partial charge in [0.15, 0.2) is 18.1 Å². The van der Waals surface area contributed by atoms with Gasteiger partial charge in [0.05, 0.1) is 13.1 Å². The van der Waals surface area contributed by atoms with Crippen LogP contribution in [0.1, 0.15) is 10.4 Å². The summed E-state index contributed by atoms with van der Waals surface area (Å²) in [7, 11) is 1.52. The zero-order chi connectivity index (χ0) is 15.9. The monoisotopic (exact) mass is 300 g/mol. The minimum absolute atomic E-state index is 0.0447. The second kappa shape index (κ2) is 7.12. The normalized spacial score (nSPS) is 9.86. The van der Waals surface area contributed by atoms with Crippen LogP contribution in [0.25, 0.3) is 0 Å². The molecular formula is C16H14NO5-. The van der Waals surface area contributed by atoms with Gasteiger partial charge in [-0.2, -0.15) is 0 Å². The lowest BCUT2D eigenvalue weighted by molar-refractivity contribution is -0.255. The van der Waals surface area contributed by atoms with Crippen LogP contribution < -0.4 is 19.9 Å². The summed E-state index contributed by atoms with van der Waals surface area (Å²) >= 11 is 0. The Morgan fingerprint density at radius 3 is 2.27 bits per heavy atom. The molecule has 1 N–H and O–H groups in total. The molecule has 114 valence electrons. The molecule has 0 atom stereocenters. The number of rotatable bonds is 6. The summed E-state index contributed by atoms with van der Waals surface area (Å²) in [5.41, 5.74) is 0.516. The molecule has 22 heavy (non-hydrogen) atoms. The molecule has 0 saturated carbocycles. The Bertz CT molecular complexity index is 666. The number of methoxy groups -OCH3 is 1. The third-order valence-corrected chi connectivity index (χ3v) is 2.83. The van der Waals surface area contributed by atoms with Crippen molar-refractivity contribution in [1.82, 2.24) is 0 Å². The highest BCUT2D eigenvalue weighted by molar-refractivity contribution is 5.93. The number of aromatic carboxylic acids is 1. The van der Waals surface area contributed by atoms with Crippen LogP contribution in [0.4, 0.5) is 5.69 Å². The second-order valence-electron chi connectivity index (χ2n) is 4.35. The van der Waals surface area contributed by atoms with E-state index in [1.54, 1.807) is 24.3 Å². The van der Waals surface area contributed by atoms with Crippen LogP contribution in [0.3, 0.4) is 0 Å². The maximum absolute atomic E-state index is 11.8. The summed E-state index contributed by atoms with van der Waals surface area (Å²) in [5, 5.41) is 13.2. The molecule has 0 heterocycles. The van der Waals surface area contributed by atoms with Crippen LogP contribution in [-0.2, 0) is 4.79 Å². The first kappa shape index (κ1) is 15.4. The van der Waals surface area contributed by atoms with Gasteiger partial charge in [-0.15, -0.1) is 0 Å². The van der Waals surface area contributed by atoms with Crippen molar-refractivity contribution in [3.8, 4) is 11.5 Å². The highest BCUT2D eigenvalue weighted by Crippen LogP contribution is 2.25. The molecule has 0 spiro atoms. The van der Waals surface area contributed by atoms with Crippen LogP contribution in [-0.4, -0.2) is 25.6 Å². The van der Waals surface area contributed by atoms with Crippen molar-refractivity contribution in [2.45, 2.75) is 0 Å². The first-order chi connectivity index (χ1) is 10.6. The lowest BCUT2D eigenvalue weighted by atomic mass is 10.2. The molecule has 6 heteroatoms. The summed E-state index contributed by atoms with van der Waals surface area (Å²) in [6.07, 6.45) is 0. The quantitative estimate of drug-likeness (QED) is 0.862. The zero-order valence-corrected chi connectivity index (χ0v) is 11.9. The van der Waals surface area contributed by atoms with Gasteiger partial charge >= 0.3 is 0 Å². The van der Waals surface area contributed by atoms with Gasteiger partial charge in [0, 0.05) is 5.69 Å². The number of ether oxygens (including phenoxy) is 2. The summed E-state index contributed by atoms with van der Waals surface area (Å²) in [6, 6.07) is 12.7. The van der Waals surface area contributed by atoms with Crippen molar-refractivity contribution in [1.29, 1.82) is 0 Å². The van der Waals surface area contributed by atoms with E-state index in [1.807, 2.05) is 0 Å². The van der Waals surface area contributed by atoms with Crippen molar-refractivity contribution in [3.63, 3.8) is 0 Å². The van der Waals surface area contributed by atoms with Gasteiger partial charge in [0.2, 0.25) is 0 Å². The highest BCUT2D eigenvalue weighted by atomic mass is 16.5. The third-order valence-electron chi connectivity index (χ3n) is 2.83. The van der Waals surface area contributed by atoms with E-state index in [0.29, 0.717) is 17.2 Å². The number of para-hydroxylation sites is 2. The number of anilines is 1. The van der Waals surface area contributed by atoms with Crippen LogP contribution in [0.2, 0.25) is 0 Å². The molecule has 0 aliphatic rings. The number of carbonyl (C=O) groups excluding carboxylic acids is 2. The van der Waals surface area contributed by atoms with Gasteiger partial charge in [-0.25, -0.2) is 0 Å². The van der Waals surface area contributed by atoms with Gasteiger partial charge < -0.3 is 24.7 Å². The predicted octanol–water partition coefficient (Wildman–Crippen LogP) is 1.08. The molecule has 1 amide bonds. The number of carbonyl (C=O) groups is 2. The molecule has 0 bridgehead atoms. The number of benzene rings is 2. The Kier molecular flexibility index (Phi) is 4.98. The van der Waals surface area contributed by atoms with Crippen LogP contribution >= 0.6 is 0 Å². The predicted molar refractivity (Wildman–Crippen MR) is 77.9 cm³/mol. The molecule has 2 aromatic carbocycles. The van der Waals surface area contributed by atoms with Gasteiger partial charge in [0.25, 0.3) is 5.91 Å². The smallest absolute Gasteiger partial charge is 0.262 e. The molecular weight excluding hydrogens is 286 g/mol. The number of carboxylic acid groups (broad SMARTS) is 1. The van der Waals surface area contributed by atoms with E-state index in [2.05, 4.69) is 5.32 Å². The van der Waals surface area contributed by atoms with Crippen molar-refractivity contribution >= 4 is 17.6 Å². The molecule has 0 aliphatic heterocycles.